The van der Waals surface area contributed by atoms with Gasteiger partial charge in [-0.1, -0.05) is 53.7 Å². The zero-order chi connectivity index (χ0) is 20.0. The Morgan fingerprint density at radius 3 is 2.15 bits per heavy atom. The highest BCUT2D eigenvalue weighted by Gasteiger charge is 2.29. The van der Waals surface area contributed by atoms with E-state index in [0.29, 0.717) is 11.4 Å². The number of aromatic hydroxyl groups is 1. The molecule has 3 N–H and O–H groups in total. The van der Waals surface area contributed by atoms with Crippen LogP contribution in [0.2, 0.25) is 0 Å². The number of fused-ring (bicyclic) bond motifs is 1. The molecule has 3 rings (SSSR count). The van der Waals surface area contributed by atoms with E-state index in [1.165, 1.54) is 0 Å². The topological polar surface area (TPSA) is 72.2 Å². The summed E-state index contributed by atoms with van der Waals surface area (Å²) in [7, 11) is 0. The first-order valence-corrected chi connectivity index (χ1v) is 9.11. The molecule has 0 saturated carbocycles. The highest BCUT2D eigenvalue weighted by Crippen LogP contribution is 2.41. The number of aromatic amines is 1. The monoisotopic (exact) mass is 366 g/mol. The average Bonchev–Trinajstić information content (AvgIpc) is 3.02. The molecule has 0 bridgehead atoms. The van der Waals surface area contributed by atoms with Crippen molar-refractivity contribution in [3.8, 4) is 5.75 Å². The second-order valence-corrected chi connectivity index (χ2v) is 9.04. The van der Waals surface area contributed by atoms with Crippen LogP contribution in [0.3, 0.4) is 0 Å². The molecular formula is C22H28N3O2+. The van der Waals surface area contributed by atoms with E-state index in [-0.39, 0.29) is 10.8 Å². The van der Waals surface area contributed by atoms with Gasteiger partial charge in [-0.2, -0.15) is 5.10 Å². The number of aromatic nitrogens is 2. The van der Waals surface area contributed by atoms with Gasteiger partial charge < -0.3 is 5.11 Å². The molecule has 3 aromatic rings. The second-order valence-electron chi connectivity index (χ2n) is 9.04. The van der Waals surface area contributed by atoms with Gasteiger partial charge in [0.2, 0.25) is 6.21 Å². The van der Waals surface area contributed by atoms with Crippen molar-refractivity contribution in [1.29, 1.82) is 0 Å². The molecule has 0 aliphatic heterocycles. The number of hydrogen-bond acceptors (Lipinski definition) is 3. The van der Waals surface area contributed by atoms with Crippen LogP contribution < -0.4 is 0 Å². The van der Waals surface area contributed by atoms with Crippen LogP contribution in [0, 0.1) is 0 Å². The van der Waals surface area contributed by atoms with Crippen LogP contribution in [0.4, 0.5) is 5.69 Å². The Labute approximate surface area is 159 Å². The summed E-state index contributed by atoms with van der Waals surface area (Å²) in [5.74, 6) is 0.294. The van der Waals surface area contributed by atoms with Gasteiger partial charge in [0.05, 0.1) is 17.3 Å². The third kappa shape index (κ3) is 3.68. The Bertz CT molecular complexity index is 983. The number of para-hydroxylation sites is 1. The third-order valence-corrected chi connectivity index (χ3v) is 4.75. The first kappa shape index (κ1) is 19.0. The second kappa shape index (κ2) is 6.41. The molecule has 0 unspecified atom stereocenters. The van der Waals surface area contributed by atoms with Crippen molar-refractivity contribution in [3.63, 3.8) is 0 Å². The van der Waals surface area contributed by atoms with E-state index in [2.05, 4.69) is 51.7 Å². The number of benzene rings is 2. The Balaban J connectivity index is 2.20. The summed E-state index contributed by atoms with van der Waals surface area (Å²) in [5.41, 5.74) is 3.39. The fourth-order valence-electron chi connectivity index (χ4n) is 3.20. The number of rotatable bonds is 2. The van der Waals surface area contributed by atoms with Crippen LogP contribution in [0.1, 0.15) is 58.2 Å². The van der Waals surface area contributed by atoms with Crippen LogP contribution in [0.25, 0.3) is 10.9 Å². The van der Waals surface area contributed by atoms with E-state index in [4.69, 9.17) is 0 Å². The van der Waals surface area contributed by atoms with Gasteiger partial charge in [0.1, 0.15) is 5.75 Å². The molecule has 0 amide bonds. The highest BCUT2D eigenvalue weighted by molar-refractivity contribution is 5.95. The van der Waals surface area contributed by atoms with Gasteiger partial charge in [-0.3, -0.25) is 10.3 Å². The van der Waals surface area contributed by atoms with Crippen molar-refractivity contribution < 1.29 is 15.1 Å². The maximum Gasteiger partial charge on any atom is 0.258 e. The van der Waals surface area contributed by atoms with Crippen molar-refractivity contribution >= 4 is 22.8 Å². The lowest BCUT2D eigenvalue weighted by molar-refractivity contribution is -0.709. The van der Waals surface area contributed by atoms with Gasteiger partial charge in [-0.15, -0.1) is 0 Å². The van der Waals surface area contributed by atoms with Crippen molar-refractivity contribution in [2.75, 3.05) is 0 Å². The first-order chi connectivity index (χ1) is 12.5. The minimum Gasteiger partial charge on any atom is -0.507 e. The minimum atomic E-state index is -0.260. The zero-order valence-corrected chi connectivity index (χ0v) is 16.8. The minimum absolute atomic E-state index is 0.260. The molecule has 1 aromatic heterocycles. The molecular weight excluding hydrogens is 338 g/mol. The summed E-state index contributed by atoms with van der Waals surface area (Å²) in [6.07, 6.45) is 3.41. The van der Waals surface area contributed by atoms with Gasteiger partial charge in [0, 0.05) is 33.4 Å². The lowest BCUT2D eigenvalue weighted by atomic mass is 9.79. The number of phenolic OH excluding ortho intramolecular Hbond substituents is 1. The molecule has 5 nitrogen and oxygen atoms in total. The maximum absolute atomic E-state index is 10.8. The van der Waals surface area contributed by atoms with Crippen molar-refractivity contribution in [2.24, 2.45) is 0 Å². The SMILES string of the molecule is CC(C)(C)c1cc(/[N+](O)=C/c2cccc3cn[nH]c23)cc(C(C)(C)C)c1O. The Morgan fingerprint density at radius 2 is 1.59 bits per heavy atom. The maximum atomic E-state index is 10.8. The van der Waals surface area contributed by atoms with Gasteiger partial charge in [0.25, 0.3) is 5.69 Å². The number of nitrogens with one attached hydrogen (secondary N) is 1. The Hall–Kier alpha value is -2.82. The predicted molar refractivity (Wildman–Crippen MR) is 108 cm³/mol. The summed E-state index contributed by atoms with van der Waals surface area (Å²) in [5, 5.41) is 29.7. The standard InChI is InChI=1S/C22H27N3O2/c1-21(2,3)17-10-16(11-18(20(17)26)22(4,5)6)25(27)13-15-9-7-8-14-12-23-24-19(14)15/h7-13,26-27H,1-6H3/p+1. The third-order valence-electron chi connectivity index (χ3n) is 4.75. The van der Waals surface area contributed by atoms with Gasteiger partial charge in [-0.25, -0.2) is 0 Å². The normalized spacial score (nSPS) is 13.3. The number of phenols is 1. The molecule has 0 fully saturated rings. The van der Waals surface area contributed by atoms with Crippen molar-refractivity contribution in [1.82, 2.24) is 10.2 Å². The fourth-order valence-corrected chi connectivity index (χ4v) is 3.20. The predicted octanol–water partition coefficient (Wildman–Crippen LogP) is 5.02. The summed E-state index contributed by atoms with van der Waals surface area (Å²) < 4.78 is 1.11. The first-order valence-electron chi connectivity index (χ1n) is 9.11. The summed E-state index contributed by atoms with van der Waals surface area (Å²) in [6.45, 7) is 12.3. The van der Waals surface area contributed by atoms with Crippen LogP contribution in [0.15, 0.2) is 36.5 Å². The molecule has 2 aromatic carbocycles. The van der Waals surface area contributed by atoms with Crippen molar-refractivity contribution in [2.45, 2.75) is 52.4 Å². The average molecular weight is 366 g/mol. The molecule has 142 valence electrons. The smallest absolute Gasteiger partial charge is 0.258 e. The fraction of sp³-hybridized carbons (Fsp3) is 0.364. The summed E-state index contributed by atoms with van der Waals surface area (Å²) in [6, 6.07) is 9.49. The lowest BCUT2D eigenvalue weighted by Crippen LogP contribution is -2.18. The molecule has 1 heterocycles. The lowest BCUT2D eigenvalue weighted by Gasteiger charge is -2.26. The number of hydrogen-bond donors (Lipinski definition) is 3. The quantitative estimate of drug-likeness (QED) is 0.258. The Kier molecular flexibility index (Phi) is 4.50. The Morgan fingerprint density at radius 1 is 1.00 bits per heavy atom. The van der Waals surface area contributed by atoms with E-state index in [1.54, 1.807) is 12.4 Å². The molecule has 5 heteroatoms. The molecule has 0 atom stereocenters. The van der Waals surface area contributed by atoms with Crippen LogP contribution in [-0.4, -0.2) is 31.5 Å². The molecule has 0 aliphatic carbocycles. The largest absolute Gasteiger partial charge is 0.507 e. The van der Waals surface area contributed by atoms with E-state index < -0.39 is 0 Å². The zero-order valence-electron chi connectivity index (χ0n) is 16.8. The number of nitrogens with zero attached hydrogens (tertiary/aromatic N) is 2. The van der Waals surface area contributed by atoms with E-state index in [9.17, 15) is 10.3 Å². The van der Waals surface area contributed by atoms with Crippen molar-refractivity contribution in [3.05, 3.63) is 53.2 Å². The molecule has 0 saturated heterocycles. The van der Waals surface area contributed by atoms with Gasteiger partial charge >= 0.3 is 0 Å². The highest BCUT2D eigenvalue weighted by atomic mass is 16.5. The molecule has 0 aliphatic rings. The summed E-state index contributed by atoms with van der Waals surface area (Å²) in [4.78, 5) is 0. The van der Waals surface area contributed by atoms with E-state index in [0.717, 1.165) is 32.3 Å². The van der Waals surface area contributed by atoms with E-state index >= 15 is 0 Å². The van der Waals surface area contributed by atoms with Crippen LogP contribution in [0.5, 0.6) is 5.75 Å². The molecule has 27 heavy (non-hydrogen) atoms. The van der Waals surface area contributed by atoms with Gasteiger partial charge in [-0.05, 0) is 16.9 Å². The number of H-pyrrole nitrogens is 1. The molecule has 0 spiro atoms. The molecule has 0 radical (unpaired) electrons. The summed E-state index contributed by atoms with van der Waals surface area (Å²) >= 11 is 0. The van der Waals surface area contributed by atoms with Crippen LogP contribution in [-0.2, 0) is 10.8 Å². The van der Waals surface area contributed by atoms with Crippen LogP contribution >= 0.6 is 0 Å². The van der Waals surface area contributed by atoms with Gasteiger partial charge in [0.15, 0.2) is 0 Å². The van der Waals surface area contributed by atoms with E-state index in [1.807, 2.05) is 30.3 Å².